The number of likely N-dealkylation sites (tertiary alicyclic amines) is 1. The number of rotatable bonds is 4. The zero-order chi connectivity index (χ0) is 20.8. The molecule has 3 heterocycles. The third-order valence-electron chi connectivity index (χ3n) is 5.73. The number of amides is 2. The first-order valence-electron chi connectivity index (χ1n) is 9.44. The lowest BCUT2D eigenvalue weighted by Crippen LogP contribution is -2.39. The molecule has 1 fully saturated rings. The third kappa shape index (κ3) is 3.66. The van der Waals surface area contributed by atoms with E-state index >= 15 is 0 Å². The van der Waals surface area contributed by atoms with Crippen molar-refractivity contribution in [3.05, 3.63) is 35.5 Å². The molecule has 2 amide bonds. The average Bonchev–Trinajstić information content (AvgIpc) is 3.29. The molecule has 1 aromatic heterocycles. The van der Waals surface area contributed by atoms with Crippen LogP contribution >= 0.6 is 11.5 Å². The van der Waals surface area contributed by atoms with E-state index in [-0.39, 0.29) is 28.4 Å². The highest BCUT2D eigenvalue weighted by molar-refractivity contribution is 7.92. The smallest absolute Gasteiger partial charge is 0.234 e. The predicted molar refractivity (Wildman–Crippen MR) is 109 cm³/mol. The summed E-state index contributed by atoms with van der Waals surface area (Å²) >= 11 is 0.901. The van der Waals surface area contributed by atoms with E-state index < -0.39 is 15.8 Å². The largest absolute Gasteiger partial charge is 0.343 e. The van der Waals surface area contributed by atoms with Gasteiger partial charge in [0.25, 0.3) is 0 Å². The molecule has 2 aliphatic heterocycles. The van der Waals surface area contributed by atoms with Crippen molar-refractivity contribution in [1.29, 1.82) is 0 Å². The Bertz CT molecular complexity index is 1060. The summed E-state index contributed by atoms with van der Waals surface area (Å²) in [5, 5.41) is 4.04. The van der Waals surface area contributed by atoms with Gasteiger partial charge in [0, 0.05) is 56.0 Å². The maximum absolute atomic E-state index is 12.9. The second-order valence-electron chi connectivity index (χ2n) is 7.59. The lowest BCUT2D eigenvalue weighted by atomic mass is 9.92. The van der Waals surface area contributed by atoms with Crippen molar-refractivity contribution in [2.24, 2.45) is 0 Å². The Kier molecular flexibility index (Phi) is 5.16. The van der Waals surface area contributed by atoms with Crippen LogP contribution in [0.2, 0.25) is 0 Å². The normalized spacial score (nSPS) is 20.2. The highest BCUT2D eigenvalue weighted by Crippen LogP contribution is 2.39. The Morgan fingerprint density at radius 1 is 1.24 bits per heavy atom. The van der Waals surface area contributed by atoms with Gasteiger partial charge in [-0.2, -0.15) is 0 Å². The van der Waals surface area contributed by atoms with Crippen LogP contribution in [0.25, 0.3) is 0 Å². The summed E-state index contributed by atoms with van der Waals surface area (Å²) < 4.78 is 27.9. The van der Waals surface area contributed by atoms with Crippen LogP contribution in [0.3, 0.4) is 0 Å². The van der Waals surface area contributed by atoms with Gasteiger partial charge in [0.05, 0.1) is 11.6 Å². The maximum Gasteiger partial charge on any atom is 0.234 e. The number of hydrogen-bond donors (Lipinski definition) is 0. The molecule has 0 N–H and O–H groups in total. The van der Waals surface area contributed by atoms with Crippen molar-refractivity contribution in [3.8, 4) is 0 Å². The van der Waals surface area contributed by atoms with Gasteiger partial charge in [-0.25, -0.2) is 8.42 Å². The summed E-state index contributed by atoms with van der Waals surface area (Å²) in [5.74, 6) is -0.573. The highest BCUT2D eigenvalue weighted by atomic mass is 32.2. The number of aromatic nitrogens is 2. The van der Waals surface area contributed by atoms with E-state index in [9.17, 15) is 18.0 Å². The summed E-state index contributed by atoms with van der Waals surface area (Å²) in [6.07, 6.45) is 2.58. The van der Waals surface area contributed by atoms with Crippen LogP contribution in [-0.4, -0.2) is 61.1 Å². The molecule has 0 saturated carbocycles. The number of para-hydroxylation sites is 1. The topological polar surface area (TPSA) is 101 Å². The minimum Gasteiger partial charge on any atom is -0.343 e. The van der Waals surface area contributed by atoms with Gasteiger partial charge in [-0.05, 0) is 24.5 Å². The fourth-order valence-corrected chi connectivity index (χ4v) is 5.90. The van der Waals surface area contributed by atoms with Crippen LogP contribution in [0.4, 0.5) is 5.69 Å². The molecular weight excluding hydrogens is 412 g/mol. The fraction of sp³-hybridized carbons (Fsp3) is 0.474. The van der Waals surface area contributed by atoms with Crippen LogP contribution in [0.15, 0.2) is 28.5 Å². The van der Waals surface area contributed by atoms with Crippen LogP contribution in [0.5, 0.6) is 0 Å². The van der Waals surface area contributed by atoms with Gasteiger partial charge >= 0.3 is 0 Å². The number of hydrogen-bond acceptors (Lipinski definition) is 7. The van der Waals surface area contributed by atoms with Crippen molar-refractivity contribution >= 4 is 38.9 Å². The maximum atomic E-state index is 12.9. The molecule has 1 saturated heterocycles. The molecule has 0 spiro atoms. The Labute approximate surface area is 173 Å². The first kappa shape index (κ1) is 20.0. The number of fused-ring (bicyclic) bond motifs is 1. The SMILES string of the molecule is CN1C(=O)[C@@H](CC(=O)N2CCC(c3nnsc3S(C)(=O)=O)CC2)c2ccccc21. The third-order valence-corrected chi connectivity index (χ3v) is 8.29. The quantitative estimate of drug-likeness (QED) is 0.727. The molecule has 0 bridgehead atoms. The number of sulfone groups is 1. The number of benzene rings is 1. The molecule has 10 heteroatoms. The summed E-state index contributed by atoms with van der Waals surface area (Å²) in [6, 6.07) is 7.57. The predicted octanol–water partition coefficient (Wildman–Crippen LogP) is 1.80. The molecule has 8 nitrogen and oxygen atoms in total. The number of anilines is 1. The van der Waals surface area contributed by atoms with E-state index in [1.807, 2.05) is 24.3 Å². The van der Waals surface area contributed by atoms with Crippen LogP contribution in [-0.2, 0) is 19.4 Å². The molecule has 1 atom stereocenters. The van der Waals surface area contributed by atoms with E-state index in [1.54, 1.807) is 16.8 Å². The van der Waals surface area contributed by atoms with E-state index in [2.05, 4.69) is 9.59 Å². The van der Waals surface area contributed by atoms with Crippen LogP contribution in [0.1, 0.15) is 42.4 Å². The van der Waals surface area contributed by atoms with Crippen molar-refractivity contribution < 1.29 is 18.0 Å². The van der Waals surface area contributed by atoms with Crippen molar-refractivity contribution in [3.63, 3.8) is 0 Å². The molecule has 4 rings (SSSR count). The van der Waals surface area contributed by atoms with E-state index in [4.69, 9.17) is 0 Å². The molecule has 0 unspecified atom stereocenters. The van der Waals surface area contributed by atoms with Gasteiger partial charge in [0.15, 0.2) is 14.0 Å². The Morgan fingerprint density at radius 3 is 2.62 bits per heavy atom. The summed E-state index contributed by atoms with van der Waals surface area (Å²) in [6.45, 7) is 1.03. The molecule has 2 aliphatic rings. The van der Waals surface area contributed by atoms with Crippen LogP contribution in [0, 0.1) is 0 Å². The van der Waals surface area contributed by atoms with Gasteiger partial charge in [0.1, 0.15) is 0 Å². The van der Waals surface area contributed by atoms with E-state index in [0.717, 1.165) is 29.0 Å². The lowest BCUT2D eigenvalue weighted by Gasteiger charge is -2.32. The Balaban J connectivity index is 1.42. The average molecular weight is 435 g/mol. The van der Waals surface area contributed by atoms with Gasteiger partial charge < -0.3 is 9.80 Å². The molecular formula is C19H22N4O4S2. The Morgan fingerprint density at radius 2 is 1.93 bits per heavy atom. The van der Waals surface area contributed by atoms with E-state index in [0.29, 0.717) is 31.6 Å². The monoisotopic (exact) mass is 434 g/mol. The number of likely N-dealkylation sites (N-methyl/N-ethyl adjacent to an activating group) is 1. The van der Waals surface area contributed by atoms with Crippen molar-refractivity contribution in [2.75, 3.05) is 31.3 Å². The van der Waals surface area contributed by atoms with Gasteiger partial charge in [0.2, 0.25) is 11.8 Å². The van der Waals surface area contributed by atoms with E-state index in [1.165, 1.54) is 0 Å². The zero-order valence-corrected chi connectivity index (χ0v) is 17.9. The summed E-state index contributed by atoms with van der Waals surface area (Å²) in [4.78, 5) is 28.9. The number of piperidine rings is 1. The number of carbonyl (C=O) groups excluding carboxylic acids is 2. The Hall–Kier alpha value is -2.33. The molecule has 154 valence electrons. The van der Waals surface area contributed by atoms with Gasteiger partial charge in [-0.3, -0.25) is 9.59 Å². The van der Waals surface area contributed by atoms with Crippen molar-refractivity contribution in [1.82, 2.24) is 14.5 Å². The molecule has 0 radical (unpaired) electrons. The standard InChI is InChI=1S/C19H22N4O4S2/c1-22-15-6-4-3-5-13(15)14(18(22)25)11-16(24)23-9-7-12(8-10-23)17-19(28-21-20-17)29(2,26)27/h3-6,12,14H,7-11H2,1-2H3/t14-/m0/s1. The van der Waals surface area contributed by atoms with Gasteiger partial charge in [-0.15, -0.1) is 5.10 Å². The first-order valence-corrected chi connectivity index (χ1v) is 12.1. The minimum atomic E-state index is -3.35. The molecule has 0 aliphatic carbocycles. The second-order valence-corrected chi connectivity index (χ2v) is 10.6. The fourth-order valence-electron chi connectivity index (χ4n) is 4.17. The summed E-state index contributed by atoms with van der Waals surface area (Å²) in [7, 11) is -1.62. The minimum absolute atomic E-state index is 0.0255. The molecule has 2 aromatic rings. The van der Waals surface area contributed by atoms with Gasteiger partial charge in [-0.1, -0.05) is 22.7 Å². The first-order chi connectivity index (χ1) is 13.8. The lowest BCUT2D eigenvalue weighted by molar-refractivity contribution is -0.134. The summed E-state index contributed by atoms with van der Waals surface area (Å²) in [5.41, 5.74) is 2.28. The molecule has 1 aromatic carbocycles. The number of carbonyl (C=O) groups is 2. The van der Waals surface area contributed by atoms with Crippen molar-refractivity contribution in [2.45, 2.75) is 35.3 Å². The highest BCUT2D eigenvalue weighted by Gasteiger charge is 2.38. The molecule has 29 heavy (non-hydrogen) atoms. The number of nitrogens with zero attached hydrogens (tertiary/aromatic N) is 4. The zero-order valence-electron chi connectivity index (χ0n) is 16.2. The van der Waals surface area contributed by atoms with Crippen LogP contribution < -0.4 is 4.90 Å². The second kappa shape index (κ2) is 7.49.